The van der Waals surface area contributed by atoms with E-state index >= 15 is 0 Å². The van der Waals surface area contributed by atoms with Gasteiger partial charge in [-0.3, -0.25) is 14.9 Å². The van der Waals surface area contributed by atoms with Crippen molar-refractivity contribution in [3.8, 4) is 11.5 Å². The molecule has 1 atom stereocenters. The number of nitro groups is 1. The van der Waals surface area contributed by atoms with Crippen LogP contribution in [0.5, 0.6) is 11.5 Å². The van der Waals surface area contributed by atoms with Gasteiger partial charge in [0.2, 0.25) is 0 Å². The van der Waals surface area contributed by atoms with Crippen LogP contribution in [0.15, 0.2) is 30.5 Å². The maximum Gasteiger partial charge on any atom is 0.346 e. The smallest absolute Gasteiger partial charge is 0.346 e. The number of hydrogen-bond donors (Lipinski definition) is 1. The molecule has 0 aliphatic carbocycles. The van der Waals surface area contributed by atoms with E-state index in [0.29, 0.717) is 5.02 Å². The first-order chi connectivity index (χ1) is 13.8. The molecule has 1 N–H and O–H groups in total. The highest BCUT2D eigenvalue weighted by Crippen LogP contribution is 2.35. The Hall–Kier alpha value is -3.40. The van der Waals surface area contributed by atoms with Gasteiger partial charge in [0.15, 0.2) is 17.6 Å². The topological polar surface area (TPSA) is 130 Å². The largest absolute Gasteiger partial charge is 0.493 e. The van der Waals surface area contributed by atoms with Crippen molar-refractivity contribution in [2.45, 2.75) is 20.0 Å². The Balaban J connectivity index is 2.21. The molecule has 0 aliphatic rings. The molecule has 0 spiro atoms. The molecule has 1 heterocycles. The van der Waals surface area contributed by atoms with Crippen LogP contribution >= 0.6 is 11.6 Å². The summed E-state index contributed by atoms with van der Waals surface area (Å²) >= 11 is 5.73. The molecule has 0 radical (unpaired) electrons. The third kappa shape index (κ3) is 5.55. The zero-order chi connectivity index (χ0) is 21.6. The second-order valence-electron chi connectivity index (χ2n) is 5.61. The molecule has 10 nitrogen and oxygen atoms in total. The van der Waals surface area contributed by atoms with Crippen molar-refractivity contribution in [1.29, 1.82) is 0 Å². The number of carbonyl (C=O) groups excluding carboxylic acids is 2. The Labute approximate surface area is 170 Å². The van der Waals surface area contributed by atoms with Crippen molar-refractivity contribution in [3.63, 3.8) is 0 Å². The van der Waals surface area contributed by atoms with Gasteiger partial charge in [-0.25, -0.2) is 9.78 Å². The molecule has 0 saturated carbocycles. The summed E-state index contributed by atoms with van der Waals surface area (Å²) in [6, 6.07) is 5.20. The van der Waals surface area contributed by atoms with E-state index in [1.54, 1.807) is 6.92 Å². The van der Waals surface area contributed by atoms with Gasteiger partial charge < -0.3 is 19.5 Å². The van der Waals surface area contributed by atoms with Gasteiger partial charge in [0.05, 0.1) is 29.7 Å². The summed E-state index contributed by atoms with van der Waals surface area (Å²) in [6.07, 6.45) is 0.0846. The maximum atomic E-state index is 12.5. The van der Waals surface area contributed by atoms with Gasteiger partial charge in [0, 0.05) is 12.3 Å². The van der Waals surface area contributed by atoms with Crippen LogP contribution in [0.4, 0.5) is 11.5 Å². The minimum atomic E-state index is -1.25. The van der Waals surface area contributed by atoms with Gasteiger partial charge in [-0.05, 0) is 26.0 Å². The van der Waals surface area contributed by atoms with Crippen molar-refractivity contribution in [1.82, 2.24) is 4.98 Å². The molecule has 2 aromatic rings. The number of anilines is 1. The number of benzene rings is 1. The molecule has 1 amide bonds. The van der Waals surface area contributed by atoms with Crippen molar-refractivity contribution in [2.24, 2.45) is 0 Å². The number of methoxy groups -OCH3 is 1. The van der Waals surface area contributed by atoms with Gasteiger partial charge >= 0.3 is 5.97 Å². The van der Waals surface area contributed by atoms with Crippen molar-refractivity contribution in [2.75, 3.05) is 19.0 Å². The lowest BCUT2D eigenvalue weighted by atomic mass is 10.1. The number of nitrogens with one attached hydrogen (secondary N) is 1. The molecule has 0 saturated heterocycles. The van der Waals surface area contributed by atoms with Crippen LogP contribution in [-0.4, -0.2) is 41.6 Å². The number of carbonyl (C=O) groups is 2. The van der Waals surface area contributed by atoms with Crippen LogP contribution in [0.3, 0.4) is 0 Å². The van der Waals surface area contributed by atoms with Crippen molar-refractivity contribution < 1.29 is 28.7 Å². The lowest BCUT2D eigenvalue weighted by molar-refractivity contribution is -0.385. The Morgan fingerprint density at radius 1 is 1.31 bits per heavy atom. The number of esters is 1. The van der Waals surface area contributed by atoms with Gasteiger partial charge in [-0.1, -0.05) is 11.6 Å². The molecule has 29 heavy (non-hydrogen) atoms. The molecule has 11 heteroatoms. The minimum absolute atomic E-state index is 0.0923. The number of halogens is 1. The summed E-state index contributed by atoms with van der Waals surface area (Å²) in [7, 11) is 1.32. The molecule has 0 bridgehead atoms. The van der Waals surface area contributed by atoms with Crippen molar-refractivity contribution in [3.05, 3.63) is 51.2 Å². The molecule has 0 aliphatic heterocycles. The first-order valence-electron chi connectivity index (χ1n) is 8.39. The van der Waals surface area contributed by atoms with Gasteiger partial charge in [0.1, 0.15) is 11.4 Å². The van der Waals surface area contributed by atoms with Crippen LogP contribution in [0.2, 0.25) is 5.02 Å². The third-order valence-electron chi connectivity index (χ3n) is 3.63. The van der Waals surface area contributed by atoms with Crippen LogP contribution in [-0.2, 0) is 9.53 Å². The summed E-state index contributed by atoms with van der Waals surface area (Å²) in [5.74, 6) is -1.30. The van der Waals surface area contributed by atoms with Crippen LogP contribution in [0, 0.1) is 10.1 Å². The molecule has 0 unspecified atom stereocenters. The van der Waals surface area contributed by atoms with E-state index in [0.717, 1.165) is 12.1 Å². The lowest BCUT2D eigenvalue weighted by Crippen LogP contribution is -2.30. The van der Waals surface area contributed by atoms with Gasteiger partial charge in [0.25, 0.3) is 11.6 Å². The Morgan fingerprint density at radius 2 is 2.03 bits per heavy atom. The quantitative estimate of drug-likeness (QED) is 0.389. The Morgan fingerprint density at radius 3 is 2.59 bits per heavy atom. The maximum absolute atomic E-state index is 12.5. The van der Waals surface area contributed by atoms with Crippen LogP contribution < -0.4 is 14.8 Å². The van der Waals surface area contributed by atoms with E-state index in [-0.39, 0.29) is 29.5 Å². The zero-order valence-corrected chi connectivity index (χ0v) is 16.6. The Kier molecular flexibility index (Phi) is 7.32. The first-order valence-corrected chi connectivity index (χ1v) is 8.77. The lowest BCUT2D eigenvalue weighted by Gasteiger charge is -2.15. The van der Waals surface area contributed by atoms with E-state index < -0.39 is 28.6 Å². The fourth-order valence-electron chi connectivity index (χ4n) is 2.25. The predicted molar refractivity (Wildman–Crippen MR) is 104 cm³/mol. The molecule has 2 rings (SSSR count). The first kappa shape index (κ1) is 21.9. The van der Waals surface area contributed by atoms with Crippen LogP contribution in [0.1, 0.15) is 24.2 Å². The Bertz CT molecular complexity index is 918. The molecule has 1 aromatic heterocycles. The number of pyridine rings is 1. The third-order valence-corrected chi connectivity index (χ3v) is 3.85. The number of nitrogens with zero attached hydrogens (tertiary/aromatic N) is 2. The predicted octanol–water partition coefficient (Wildman–Crippen LogP) is 3.23. The summed E-state index contributed by atoms with van der Waals surface area (Å²) < 4.78 is 15.5. The average Bonchev–Trinajstić information content (AvgIpc) is 2.69. The standard InChI is InChI=1S/C18H18ClN3O7/c1-4-28-15-7-12(13(22(25)26)8-14(15)27-3)18(24)29-10(2)17(23)21-16-6-5-11(19)9-20-16/h5-10H,4H2,1-3H3,(H,20,21,23)/t10-/m1/s1. The normalized spacial score (nSPS) is 11.3. The highest BCUT2D eigenvalue weighted by Gasteiger charge is 2.28. The summed E-state index contributed by atoms with van der Waals surface area (Å²) in [6.45, 7) is 3.27. The second-order valence-corrected chi connectivity index (χ2v) is 6.05. The fraction of sp³-hybridized carbons (Fsp3) is 0.278. The fourth-order valence-corrected chi connectivity index (χ4v) is 2.36. The van der Waals surface area contributed by atoms with E-state index in [1.807, 2.05) is 0 Å². The summed E-state index contributed by atoms with van der Waals surface area (Å²) in [5, 5.41) is 14.2. The number of ether oxygens (including phenoxy) is 3. The van der Waals surface area contributed by atoms with E-state index in [4.69, 9.17) is 25.8 Å². The number of nitro benzene ring substituents is 1. The summed E-state index contributed by atoms with van der Waals surface area (Å²) in [5.41, 5.74) is -0.911. The molecule has 0 fully saturated rings. The molecule has 1 aromatic carbocycles. The second kappa shape index (κ2) is 9.69. The van der Waals surface area contributed by atoms with Gasteiger partial charge in [-0.2, -0.15) is 0 Å². The van der Waals surface area contributed by atoms with Gasteiger partial charge in [-0.15, -0.1) is 0 Å². The number of rotatable bonds is 8. The molecular weight excluding hydrogens is 406 g/mol. The summed E-state index contributed by atoms with van der Waals surface area (Å²) in [4.78, 5) is 39.2. The SMILES string of the molecule is CCOc1cc(C(=O)O[C@H](C)C(=O)Nc2ccc(Cl)cn2)c([N+](=O)[O-])cc1OC. The van der Waals surface area contributed by atoms with E-state index in [1.165, 1.54) is 32.4 Å². The highest BCUT2D eigenvalue weighted by molar-refractivity contribution is 6.30. The molecule has 154 valence electrons. The van der Waals surface area contributed by atoms with E-state index in [9.17, 15) is 19.7 Å². The minimum Gasteiger partial charge on any atom is -0.493 e. The number of hydrogen-bond acceptors (Lipinski definition) is 8. The average molecular weight is 424 g/mol. The van der Waals surface area contributed by atoms with Crippen LogP contribution in [0.25, 0.3) is 0 Å². The zero-order valence-electron chi connectivity index (χ0n) is 15.8. The molecular formula is C18H18ClN3O7. The highest BCUT2D eigenvalue weighted by atomic mass is 35.5. The van der Waals surface area contributed by atoms with Crippen molar-refractivity contribution >= 4 is 35.0 Å². The van der Waals surface area contributed by atoms with E-state index in [2.05, 4.69) is 10.3 Å². The number of aromatic nitrogens is 1. The monoisotopic (exact) mass is 423 g/mol. The number of amides is 1.